The molecule has 2 heterocycles. The molecule has 0 aromatic heterocycles. The second kappa shape index (κ2) is 11.2. The number of nitrogens with two attached hydrogens (primary N) is 2. The molecule has 2 aliphatic rings. The number of piperidine rings is 1. The Hall–Kier alpha value is -2.33. The van der Waals surface area contributed by atoms with Crippen LogP contribution in [0, 0.1) is 5.92 Å². The van der Waals surface area contributed by atoms with Gasteiger partial charge in [0.15, 0.2) is 0 Å². The molecule has 0 spiro atoms. The predicted octanol–water partition coefficient (Wildman–Crippen LogP) is 1.76. The van der Waals surface area contributed by atoms with Crippen LogP contribution in [0.25, 0.3) is 0 Å². The number of hydrogen-bond donors (Lipinski definition) is 2. The summed E-state index contributed by atoms with van der Waals surface area (Å²) in [7, 11) is -3.68. The van der Waals surface area contributed by atoms with E-state index in [1.165, 1.54) is 16.6 Å². The normalized spacial score (nSPS) is 19.8. The standard InChI is InChI=1S/C23H32ClN5O3S/c1-18(26)16-19(6-9-25)17-27-10-7-20(8-11-27)23(30)28-12-14-29(15-13-28)33(31,32)22-5-3-2-4-21(22)24/h2-6,9,16,20H,1,7-8,10-15,17,25-26H2/b9-6-,19-16+. The van der Waals surface area contributed by atoms with Crippen LogP contribution in [0.15, 0.2) is 65.4 Å². The smallest absolute Gasteiger partial charge is 0.244 e. The number of piperazine rings is 1. The maximum absolute atomic E-state index is 13.1. The molecule has 8 nitrogen and oxygen atoms in total. The molecule has 0 bridgehead atoms. The summed E-state index contributed by atoms with van der Waals surface area (Å²) in [6, 6.07) is 6.43. The van der Waals surface area contributed by atoms with Crippen LogP contribution >= 0.6 is 11.6 Å². The van der Waals surface area contributed by atoms with Crippen LogP contribution in [0.5, 0.6) is 0 Å². The number of likely N-dealkylation sites (tertiary alicyclic amines) is 1. The Balaban J connectivity index is 1.52. The summed E-state index contributed by atoms with van der Waals surface area (Å²) in [6.07, 6.45) is 6.62. The number of hydrogen-bond acceptors (Lipinski definition) is 6. The van der Waals surface area contributed by atoms with Crippen molar-refractivity contribution in [3.05, 3.63) is 65.5 Å². The highest BCUT2D eigenvalue weighted by atomic mass is 35.5. The molecular weight excluding hydrogens is 462 g/mol. The zero-order valence-corrected chi connectivity index (χ0v) is 20.3. The molecule has 2 aliphatic heterocycles. The predicted molar refractivity (Wildman–Crippen MR) is 131 cm³/mol. The molecule has 0 saturated carbocycles. The number of carbonyl (C=O) groups is 1. The summed E-state index contributed by atoms with van der Waals surface area (Å²) < 4.78 is 27.3. The third kappa shape index (κ3) is 6.38. The Kier molecular flexibility index (Phi) is 8.58. The van der Waals surface area contributed by atoms with Gasteiger partial charge in [-0.1, -0.05) is 30.3 Å². The lowest BCUT2D eigenvalue weighted by atomic mass is 9.94. The molecule has 4 N–H and O–H groups in total. The molecule has 0 atom stereocenters. The van der Waals surface area contributed by atoms with Crippen molar-refractivity contribution in [3.8, 4) is 0 Å². The maximum Gasteiger partial charge on any atom is 0.244 e. The van der Waals surface area contributed by atoms with E-state index in [2.05, 4.69) is 11.5 Å². The van der Waals surface area contributed by atoms with Crippen molar-refractivity contribution in [2.75, 3.05) is 45.8 Å². The highest BCUT2D eigenvalue weighted by molar-refractivity contribution is 7.89. The molecule has 1 aromatic rings. The summed E-state index contributed by atoms with van der Waals surface area (Å²) >= 11 is 6.10. The van der Waals surface area contributed by atoms with Gasteiger partial charge in [0.2, 0.25) is 15.9 Å². The van der Waals surface area contributed by atoms with Crippen LogP contribution in [0.4, 0.5) is 0 Å². The number of carbonyl (C=O) groups excluding carboxylic acids is 1. The minimum absolute atomic E-state index is 0.0464. The van der Waals surface area contributed by atoms with Gasteiger partial charge in [-0.3, -0.25) is 9.69 Å². The minimum Gasteiger partial charge on any atom is -0.405 e. The Morgan fingerprint density at radius 2 is 1.76 bits per heavy atom. The van der Waals surface area contributed by atoms with Gasteiger partial charge < -0.3 is 16.4 Å². The average Bonchev–Trinajstić information content (AvgIpc) is 2.79. The maximum atomic E-state index is 13.1. The van der Waals surface area contributed by atoms with Gasteiger partial charge in [0.1, 0.15) is 4.90 Å². The number of rotatable bonds is 7. The van der Waals surface area contributed by atoms with E-state index in [1.807, 2.05) is 6.08 Å². The first kappa shape index (κ1) is 25.3. The fourth-order valence-corrected chi connectivity index (χ4v) is 6.22. The van der Waals surface area contributed by atoms with Crippen molar-refractivity contribution < 1.29 is 13.2 Å². The summed E-state index contributed by atoms with van der Waals surface area (Å²) in [5, 5.41) is 0.207. The summed E-state index contributed by atoms with van der Waals surface area (Å²) in [4.78, 5) is 17.2. The zero-order chi connectivity index (χ0) is 24.0. The molecule has 33 heavy (non-hydrogen) atoms. The van der Waals surface area contributed by atoms with Gasteiger partial charge in [-0.2, -0.15) is 4.31 Å². The molecule has 0 aliphatic carbocycles. The summed E-state index contributed by atoms with van der Waals surface area (Å²) in [5.41, 5.74) is 12.7. The average molecular weight is 494 g/mol. The number of nitrogens with zero attached hydrogens (tertiary/aromatic N) is 3. The highest BCUT2D eigenvalue weighted by Gasteiger charge is 2.34. The van der Waals surface area contributed by atoms with E-state index in [9.17, 15) is 13.2 Å². The van der Waals surface area contributed by atoms with Gasteiger partial charge >= 0.3 is 0 Å². The SMILES string of the molecule is C=C(N)/C=C(\C=C/N)CN1CCC(C(=O)N2CCN(S(=O)(=O)c3ccccc3Cl)CC2)CC1. The molecule has 0 unspecified atom stereocenters. The van der Waals surface area contributed by atoms with Crippen LogP contribution in [-0.4, -0.2) is 74.2 Å². The fraction of sp³-hybridized carbons (Fsp3) is 0.435. The Bertz CT molecular complexity index is 1020. The lowest BCUT2D eigenvalue weighted by Crippen LogP contribution is -2.52. The van der Waals surface area contributed by atoms with Crippen LogP contribution < -0.4 is 11.5 Å². The van der Waals surface area contributed by atoms with E-state index in [0.29, 0.717) is 25.3 Å². The van der Waals surface area contributed by atoms with Gasteiger partial charge in [-0.05, 0) is 62.0 Å². The fourth-order valence-electron chi connectivity index (χ4n) is 4.30. The molecule has 10 heteroatoms. The van der Waals surface area contributed by atoms with Gasteiger partial charge in [-0.15, -0.1) is 0 Å². The Morgan fingerprint density at radius 3 is 2.33 bits per heavy atom. The highest BCUT2D eigenvalue weighted by Crippen LogP contribution is 2.26. The van der Waals surface area contributed by atoms with Crippen molar-refractivity contribution >= 4 is 27.5 Å². The molecular formula is C23H32ClN5O3S. The number of allylic oxidation sites excluding steroid dienone is 1. The summed E-state index contributed by atoms with van der Waals surface area (Å²) in [6.45, 7) is 7.30. The third-order valence-electron chi connectivity index (χ3n) is 6.03. The quantitative estimate of drug-likeness (QED) is 0.559. The van der Waals surface area contributed by atoms with Gasteiger partial charge in [0, 0.05) is 44.3 Å². The molecule has 3 rings (SSSR count). The van der Waals surface area contributed by atoms with Crippen molar-refractivity contribution in [2.45, 2.75) is 17.7 Å². The Morgan fingerprint density at radius 1 is 1.12 bits per heavy atom. The first-order valence-electron chi connectivity index (χ1n) is 11.0. The summed E-state index contributed by atoms with van der Waals surface area (Å²) in [5.74, 6) is 0.0623. The number of halogens is 1. The largest absolute Gasteiger partial charge is 0.405 e. The van der Waals surface area contributed by atoms with Gasteiger partial charge in [-0.25, -0.2) is 8.42 Å². The molecule has 1 amide bonds. The Labute approximate surface area is 201 Å². The zero-order valence-electron chi connectivity index (χ0n) is 18.7. The van der Waals surface area contributed by atoms with Gasteiger partial charge in [0.05, 0.1) is 5.02 Å². The monoisotopic (exact) mass is 493 g/mol. The number of benzene rings is 1. The topological polar surface area (TPSA) is 113 Å². The molecule has 180 valence electrons. The second-order valence-electron chi connectivity index (χ2n) is 8.36. The second-order valence-corrected chi connectivity index (χ2v) is 10.7. The van der Waals surface area contributed by atoms with Crippen molar-refractivity contribution in [1.82, 2.24) is 14.1 Å². The molecule has 1 aromatic carbocycles. The van der Waals surface area contributed by atoms with Crippen molar-refractivity contribution in [2.24, 2.45) is 17.4 Å². The number of amides is 1. The van der Waals surface area contributed by atoms with E-state index < -0.39 is 10.0 Å². The van der Waals surface area contributed by atoms with E-state index >= 15 is 0 Å². The first-order chi connectivity index (χ1) is 15.7. The van der Waals surface area contributed by atoms with Crippen LogP contribution in [0.1, 0.15) is 12.8 Å². The van der Waals surface area contributed by atoms with E-state index in [4.69, 9.17) is 23.1 Å². The third-order valence-corrected chi connectivity index (χ3v) is 8.43. The van der Waals surface area contributed by atoms with E-state index in [1.54, 1.807) is 29.2 Å². The van der Waals surface area contributed by atoms with Gasteiger partial charge in [0.25, 0.3) is 0 Å². The number of sulfonamides is 1. The van der Waals surface area contributed by atoms with Crippen molar-refractivity contribution in [3.63, 3.8) is 0 Å². The molecule has 2 saturated heterocycles. The lowest BCUT2D eigenvalue weighted by Gasteiger charge is -2.38. The first-order valence-corrected chi connectivity index (χ1v) is 12.8. The van der Waals surface area contributed by atoms with Crippen LogP contribution in [0.3, 0.4) is 0 Å². The van der Waals surface area contributed by atoms with Crippen LogP contribution in [-0.2, 0) is 14.8 Å². The van der Waals surface area contributed by atoms with Crippen LogP contribution in [0.2, 0.25) is 5.02 Å². The lowest BCUT2D eigenvalue weighted by molar-refractivity contribution is -0.138. The molecule has 0 radical (unpaired) electrons. The van der Waals surface area contributed by atoms with Crippen molar-refractivity contribution in [1.29, 1.82) is 0 Å². The van der Waals surface area contributed by atoms with E-state index in [0.717, 1.165) is 31.5 Å². The van der Waals surface area contributed by atoms with E-state index in [-0.39, 0.29) is 34.8 Å². The minimum atomic E-state index is -3.68. The molecule has 2 fully saturated rings.